The summed E-state index contributed by atoms with van der Waals surface area (Å²) in [4.78, 5) is 26.1. The van der Waals surface area contributed by atoms with Crippen LogP contribution in [0.5, 0.6) is 0 Å². The maximum atomic E-state index is 12.3. The quantitative estimate of drug-likeness (QED) is 0.745. The van der Waals surface area contributed by atoms with Crippen molar-refractivity contribution in [2.45, 2.75) is 4.90 Å². The summed E-state index contributed by atoms with van der Waals surface area (Å²) in [6, 6.07) is 5.85. The number of imide groups is 1. The van der Waals surface area contributed by atoms with E-state index >= 15 is 0 Å². The predicted octanol–water partition coefficient (Wildman–Crippen LogP) is -0.310. The Bertz CT molecular complexity index is 694. The van der Waals surface area contributed by atoms with Crippen LogP contribution in [0.4, 0.5) is 0 Å². The minimum absolute atomic E-state index is 0.0489. The topological polar surface area (TPSA) is 84.0 Å². The first kappa shape index (κ1) is 14.2. The summed E-state index contributed by atoms with van der Waals surface area (Å²) in [6.07, 6.45) is 0. The van der Waals surface area contributed by atoms with Gasteiger partial charge in [0.05, 0.1) is 25.3 Å². The molecule has 0 bridgehead atoms. The molecular formula is C13H14N2O5S. The van der Waals surface area contributed by atoms with Gasteiger partial charge in [0.1, 0.15) is 4.90 Å². The molecule has 2 heterocycles. The highest BCUT2D eigenvalue weighted by atomic mass is 32.2. The zero-order valence-electron chi connectivity index (χ0n) is 11.2. The lowest BCUT2D eigenvalue weighted by Crippen LogP contribution is -2.46. The van der Waals surface area contributed by atoms with E-state index in [1.54, 1.807) is 11.0 Å². The van der Waals surface area contributed by atoms with E-state index in [1.165, 1.54) is 18.2 Å². The van der Waals surface area contributed by atoms with Crippen molar-refractivity contribution in [2.24, 2.45) is 0 Å². The summed E-state index contributed by atoms with van der Waals surface area (Å²) in [5.41, 5.74) is 0.0489. The first-order valence-corrected chi connectivity index (χ1v) is 7.97. The molecule has 0 atom stereocenters. The summed E-state index contributed by atoms with van der Waals surface area (Å²) in [6.45, 7) is 1.96. The molecule has 0 aliphatic carbocycles. The SMILES string of the molecule is O=C(CN1CCOCC1)N1C(=O)c2ccccc2S1(=O)=O. The molecule has 0 aromatic heterocycles. The highest BCUT2D eigenvalue weighted by Crippen LogP contribution is 2.30. The van der Waals surface area contributed by atoms with Crippen LogP contribution in [-0.4, -0.2) is 62.3 Å². The smallest absolute Gasteiger partial charge is 0.276 e. The fourth-order valence-electron chi connectivity index (χ4n) is 2.45. The summed E-state index contributed by atoms with van der Waals surface area (Å²) in [5, 5.41) is 0. The zero-order chi connectivity index (χ0) is 15.0. The Morgan fingerprint density at radius 2 is 1.86 bits per heavy atom. The van der Waals surface area contributed by atoms with E-state index in [1.807, 2.05) is 0 Å². The van der Waals surface area contributed by atoms with Crippen LogP contribution >= 0.6 is 0 Å². The van der Waals surface area contributed by atoms with Gasteiger partial charge in [0.25, 0.3) is 21.8 Å². The van der Waals surface area contributed by atoms with Crippen molar-refractivity contribution in [2.75, 3.05) is 32.8 Å². The largest absolute Gasteiger partial charge is 0.379 e. The van der Waals surface area contributed by atoms with Gasteiger partial charge >= 0.3 is 0 Å². The molecule has 8 heteroatoms. The molecule has 2 aliphatic rings. The molecule has 1 aromatic rings. The fraction of sp³-hybridized carbons (Fsp3) is 0.385. The highest BCUT2D eigenvalue weighted by Gasteiger charge is 2.45. The lowest BCUT2D eigenvalue weighted by Gasteiger charge is -2.26. The summed E-state index contributed by atoms with van der Waals surface area (Å²) >= 11 is 0. The Labute approximate surface area is 122 Å². The summed E-state index contributed by atoms with van der Waals surface area (Å²) in [5.74, 6) is -1.50. The van der Waals surface area contributed by atoms with Gasteiger partial charge in [-0.25, -0.2) is 8.42 Å². The van der Waals surface area contributed by atoms with Crippen LogP contribution in [0, 0.1) is 0 Å². The van der Waals surface area contributed by atoms with Gasteiger partial charge in [-0.3, -0.25) is 14.5 Å². The lowest BCUT2D eigenvalue weighted by molar-refractivity contribution is -0.126. The van der Waals surface area contributed by atoms with Gasteiger partial charge in [0.2, 0.25) is 0 Å². The molecule has 0 unspecified atom stereocenters. The number of sulfonamides is 1. The van der Waals surface area contributed by atoms with Crippen LogP contribution in [0.3, 0.4) is 0 Å². The molecular weight excluding hydrogens is 296 g/mol. The summed E-state index contributed by atoms with van der Waals surface area (Å²) in [7, 11) is -4.07. The van der Waals surface area contributed by atoms with E-state index in [-0.39, 0.29) is 17.0 Å². The van der Waals surface area contributed by atoms with Crippen LogP contribution in [-0.2, 0) is 19.6 Å². The van der Waals surface area contributed by atoms with Gasteiger partial charge < -0.3 is 4.74 Å². The van der Waals surface area contributed by atoms with Crippen LogP contribution in [0.1, 0.15) is 10.4 Å². The van der Waals surface area contributed by atoms with E-state index in [2.05, 4.69) is 0 Å². The number of hydrogen-bond donors (Lipinski definition) is 0. The monoisotopic (exact) mass is 310 g/mol. The molecule has 0 radical (unpaired) electrons. The van der Waals surface area contributed by atoms with Crippen LogP contribution in [0.15, 0.2) is 29.2 Å². The Balaban J connectivity index is 1.86. The third-order valence-electron chi connectivity index (χ3n) is 3.51. The Morgan fingerprint density at radius 1 is 1.19 bits per heavy atom. The first-order chi connectivity index (χ1) is 10.0. The average molecular weight is 310 g/mol. The maximum Gasteiger partial charge on any atom is 0.276 e. The van der Waals surface area contributed by atoms with Crippen molar-refractivity contribution in [3.8, 4) is 0 Å². The minimum atomic E-state index is -4.07. The molecule has 0 spiro atoms. The Kier molecular flexibility index (Phi) is 3.52. The zero-order valence-corrected chi connectivity index (χ0v) is 12.0. The number of morpholine rings is 1. The van der Waals surface area contributed by atoms with Crippen LogP contribution in [0.2, 0.25) is 0 Å². The highest BCUT2D eigenvalue weighted by molar-refractivity contribution is 7.90. The van der Waals surface area contributed by atoms with Crippen molar-refractivity contribution >= 4 is 21.8 Å². The lowest BCUT2D eigenvalue weighted by atomic mass is 10.2. The van der Waals surface area contributed by atoms with Gasteiger partial charge in [-0.05, 0) is 12.1 Å². The van der Waals surface area contributed by atoms with Gasteiger partial charge in [0.15, 0.2) is 0 Å². The summed E-state index contributed by atoms with van der Waals surface area (Å²) < 4.78 is 30.2. The number of hydrogen-bond acceptors (Lipinski definition) is 6. The van der Waals surface area contributed by atoms with E-state index in [0.717, 1.165) is 0 Å². The molecule has 1 saturated heterocycles. The molecule has 7 nitrogen and oxygen atoms in total. The van der Waals surface area contributed by atoms with Crippen molar-refractivity contribution < 1.29 is 22.7 Å². The number of nitrogens with zero attached hydrogens (tertiary/aromatic N) is 2. The van der Waals surface area contributed by atoms with E-state index in [9.17, 15) is 18.0 Å². The van der Waals surface area contributed by atoms with Crippen molar-refractivity contribution in [1.29, 1.82) is 0 Å². The average Bonchev–Trinajstić information content (AvgIpc) is 2.68. The van der Waals surface area contributed by atoms with Crippen LogP contribution < -0.4 is 0 Å². The molecule has 3 rings (SSSR count). The molecule has 2 amide bonds. The molecule has 112 valence electrons. The van der Waals surface area contributed by atoms with Crippen molar-refractivity contribution in [3.05, 3.63) is 29.8 Å². The third kappa shape index (κ3) is 2.35. The number of rotatable bonds is 2. The second-order valence-electron chi connectivity index (χ2n) is 4.85. The van der Waals surface area contributed by atoms with Crippen molar-refractivity contribution in [3.63, 3.8) is 0 Å². The van der Waals surface area contributed by atoms with E-state index in [4.69, 9.17) is 4.74 Å². The van der Waals surface area contributed by atoms with Crippen molar-refractivity contribution in [1.82, 2.24) is 9.21 Å². The molecule has 0 N–H and O–H groups in total. The molecule has 21 heavy (non-hydrogen) atoms. The number of carbonyl (C=O) groups is 2. The maximum absolute atomic E-state index is 12.3. The molecule has 1 fully saturated rings. The van der Waals surface area contributed by atoms with Crippen LogP contribution in [0.25, 0.3) is 0 Å². The third-order valence-corrected chi connectivity index (χ3v) is 5.27. The second kappa shape index (κ2) is 5.21. The normalized spacial score (nSPS) is 21.3. The van der Waals surface area contributed by atoms with Gasteiger partial charge in [-0.1, -0.05) is 12.1 Å². The van der Waals surface area contributed by atoms with Gasteiger partial charge in [0, 0.05) is 13.1 Å². The number of benzene rings is 1. The second-order valence-corrected chi connectivity index (χ2v) is 6.61. The van der Waals surface area contributed by atoms with Gasteiger partial charge in [-0.15, -0.1) is 0 Å². The standard InChI is InChI=1S/C13H14N2O5S/c16-12(9-14-5-7-20-8-6-14)15-13(17)10-3-1-2-4-11(10)21(15,18)19/h1-4H,5-9H2. The first-order valence-electron chi connectivity index (χ1n) is 6.53. The Hall–Kier alpha value is -1.77. The number of fused-ring (bicyclic) bond motifs is 1. The van der Waals surface area contributed by atoms with E-state index in [0.29, 0.717) is 30.6 Å². The minimum Gasteiger partial charge on any atom is -0.379 e. The van der Waals surface area contributed by atoms with E-state index < -0.39 is 21.8 Å². The number of ether oxygens (including phenoxy) is 1. The molecule has 2 aliphatic heterocycles. The van der Waals surface area contributed by atoms with Gasteiger partial charge in [-0.2, -0.15) is 4.31 Å². The number of amides is 2. The Morgan fingerprint density at radius 3 is 2.52 bits per heavy atom. The predicted molar refractivity (Wildman–Crippen MR) is 72.1 cm³/mol. The molecule has 1 aromatic carbocycles. The number of carbonyl (C=O) groups excluding carboxylic acids is 2. The fourth-order valence-corrected chi connectivity index (χ4v) is 3.97. The molecule has 0 saturated carbocycles.